The summed E-state index contributed by atoms with van der Waals surface area (Å²) in [5.41, 5.74) is 0. The molecule has 0 aliphatic carbocycles. The second kappa shape index (κ2) is 12.4. The van der Waals surface area contributed by atoms with Crippen molar-refractivity contribution in [1.82, 2.24) is 19.6 Å². The molecule has 0 aromatic rings. The van der Waals surface area contributed by atoms with Gasteiger partial charge in [0.15, 0.2) is 0 Å². The number of hydrogen-bond acceptors (Lipinski definition) is 6. The highest BCUT2D eigenvalue weighted by Gasteiger charge is 2.18. The third-order valence-electron chi connectivity index (χ3n) is 4.88. The van der Waals surface area contributed by atoms with Crippen LogP contribution >= 0.6 is 0 Å². The minimum atomic E-state index is -0.0873. The predicted octanol–water partition coefficient (Wildman–Crippen LogP) is -2.80. The Bertz CT molecular complexity index is 359. The van der Waals surface area contributed by atoms with Crippen LogP contribution < -0.4 is 24.0 Å². The first-order valence-corrected chi connectivity index (χ1v) is 9.18. The highest BCUT2D eigenvalue weighted by molar-refractivity contribution is 5.71. The lowest BCUT2D eigenvalue weighted by Gasteiger charge is -2.34. The van der Waals surface area contributed by atoms with Gasteiger partial charge >= 0.3 is 5.97 Å². The fourth-order valence-electron chi connectivity index (χ4n) is 3.40. The molecule has 2 fully saturated rings. The lowest BCUT2D eigenvalue weighted by Crippen LogP contribution is -3.00. The maximum absolute atomic E-state index is 11.8. The van der Waals surface area contributed by atoms with Gasteiger partial charge in [-0.15, -0.1) is 0 Å². The van der Waals surface area contributed by atoms with Crippen LogP contribution in [0, 0.1) is 0 Å². The molecule has 2 unspecified atom stereocenters. The lowest BCUT2D eigenvalue weighted by molar-refractivity contribution is -0.144. The average molecular weight is 453 g/mol. The summed E-state index contributed by atoms with van der Waals surface area (Å²) in [6.07, 6.45) is 2.36. The van der Waals surface area contributed by atoms with E-state index in [0.29, 0.717) is 13.2 Å². The number of likely N-dealkylation sites (N-methyl/N-ethyl adjacent to an activating group) is 1. The van der Waals surface area contributed by atoms with Crippen molar-refractivity contribution < 1.29 is 33.5 Å². The van der Waals surface area contributed by atoms with Crippen LogP contribution in [0.2, 0.25) is 0 Å². The number of carbonyl (C=O) groups is 1. The molecule has 2 bridgehead atoms. The summed E-state index contributed by atoms with van der Waals surface area (Å²) in [7, 11) is 2.23. The molecule has 2 heterocycles. The topological polar surface area (TPSA) is 39.3 Å². The molecule has 0 aromatic heterocycles. The number of esters is 1. The van der Waals surface area contributed by atoms with Gasteiger partial charge in [-0.2, -0.15) is 0 Å². The Hall–Kier alpha value is 0.0400. The summed E-state index contributed by atoms with van der Waals surface area (Å²) >= 11 is 0. The van der Waals surface area contributed by atoms with Crippen molar-refractivity contribution in [3.8, 4) is 0 Å². The van der Waals surface area contributed by atoms with Crippen LogP contribution in [-0.2, 0) is 9.53 Å². The quantitative estimate of drug-likeness (QED) is 0.340. The van der Waals surface area contributed by atoms with Crippen LogP contribution in [0.5, 0.6) is 0 Å². The largest absolute Gasteiger partial charge is 1.00 e. The average Bonchev–Trinajstić information content (AvgIpc) is 2.53. The zero-order chi connectivity index (χ0) is 16.5. The van der Waals surface area contributed by atoms with Gasteiger partial charge in [0.1, 0.15) is 0 Å². The second-order valence-electron chi connectivity index (χ2n) is 6.77. The second-order valence-corrected chi connectivity index (χ2v) is 6.77. The van der Waals surface area contributed by atoms with Gasteiger partial charge in [-0.3, -0.25) is 9.69 Å². The van der Waals surface area contributed by atoms with Crippen LogP contribution in [0.25, 0.3) is 0 Å². The third-order valence-corrected chi connectivity index (χ3v) is 4.88. The minimum Gasteiger partial charge on any atom is -1.00 e. The van der Waals surface area contributed by atoms with Crippen LogP contribution in [0.15, 0.2) is 0 Å². The molecule has 24 heavy (non-hydrogen) atoms. The number of fused-ring (bicyclic) bond motifs is 3. The van der Waals surface area contributed by atoms with Crippen molar-refractivity contribution in [2.24, 2.45) is 0 Å². The molecular formula is C17H34IN4O2-. The highest BCUT2D eigenvalue weighted by atomic mass is 127. The van der Waals surface area contributed by atoms with Crippen molar-refractivity contribution in [3.05, 3.63) is 0 Å². The molecule has 0 saturated carbocycles. The first kappa shape index (κ1) is 22.1. The van der Waals surface area contributed by atoms with Crippen molar-refractivity contribution >= 4 is 5.97 Å². The van der Waals surface area contributed by atoms with E-state index in [1.807, 2.05) is 6.92 Å². The molecule has 2 aliphatic heterocycles. The summed E-state index contributed by atoms with van der Waals surface area (Å²) in [6.45, 7) is 13.9. The molecule has 0 aromatic carbocycles. The smallest absolute Gasteiger partial charge is 0.320 e. The maximum Gasteiger partial charge on any atom is 0.320 e. The van der Waals surface area contributed by atoms with Gasteiger partial charge in [-0.05, 0) is 46.4 Å². The van der Waals surface area contributed by atoms with Gasteiger partial charge < -0.3 is 43.4 Å². The standard InChI is InChI=1S/C17H34N4O2.HI/c1-3-23-17(22)16-21-9-5-8-19-11-10-18(2)6-4-7-20(13-12-19)14-15-21;/h3-16H2,1-2H3;1H/p-1. The molecule has 6 nitrogen and oxygen atoms in total. The molecule has 7 heteroatoms. The fraction of sp³-hybridized carbons (Fsp3) is 0.941. The molecule has 0 radical (unpaired) electrons. The number of halogens is 1. The Labute approximate surface area is 164 Å². The summed E-state index contributed by atoms with van der Waals surface area (Å²) in [5, 5.41) is 0. The van der Waals surface area contributed by atoms with Gasteiger partial charge in [0.25, 0.3) is 0 Å². The van der Waals surface area contributed by atoms with Gasteiger partial charge in [-0.25, -0.2) is 0 Å². The Morgan fingerprint density at radius 2 is 1.42 bits per heavy atom. The number of nitrogens with zero attached hydrogens (tertiary/aromatic N) is 4. The zero-order valence-corrected chi connectivity index (χ0v) is 17.5. The first-order chi connectivity index (χ1) is 11.2. The number of ether oxygens (including phenoxy) is 1. The monoisotopic (exact) mass is 453 g/mol. The zero-order valence-electron chi connectivity index (χ0n) is 15.4. The van der Waals surface area contributed by atoms with Crippen molar-refractivity contribution in [2.75, 3.05) is 85.6 Å². The van der Waals surface area contributed by atoms with E-state index in [1.54, 1.807) is 0 Å². The molecule has 2 saturated heterocycles. The van der Waals surface area contributed by atoms with Crippen molar-refractivity contribution in [2.45, 2.75) is 19.8 Å². The molecular weight excluding hydrogens is 419 g/mol. The SMILES string of the molecule is CCOC(=O)CN1CCCN2CCN(C)CCCN(CC2)CC1.[I-]. The van der Waals surface area contributed by atoms with E-state index < -0.39 is 0 Å². The van der Waals surface area contributed by atoms with Crippen molar-refractivity contribution in [3.63, 3.8) is 0 Å². The molecule has 2 rings (SSSR count). The van der Waals surface area contributed by atoms with Crippen LogP contribution in [0.3, 0.4) is 0 Å². The Morgan fingerprint density at radius 1 is 0.833 bits per heavy atom. The lowest BCUT2D eigenvalue weighted by atomic mass is 10.2. The Morgan fingerprint density at radius 3 is 2.08 bits per heavy atom. The molecule has 0 amide bonds. The molecule has 142 valence electrons. The number of hydrogen-bond donors (Lipinski definition) is 0. The summed E-state index contributed by atoms with van der Waals surface area (Å²) in [4.78, 5) is 21.7. The van der Waals surface area contributed by atoms with E-state index in [4.69, 9.17) is 4.74 Å². The van der Waals surface area contributed by atoms with Gasteiger partial charge in [0, 0.05) is 45.8 Å². The maximum atomic E-state index is 11.8. The van der Waals surface area contributed by atoms with Crippen LogP contribution in [0.1, 0.15) is 19.8 Å². The third kappa shape index (κ3) is 8.42. The summed E-state index contributed by atoms with van der Waals surface area (Å²) in [5.74, 6) is -0.0873. The van der Waals surface area contributed by atoms with E-state index in [9.17, 15) is 4.79 Å². The van der Waals surface area contributed by atoms with Gasteiger partial charge in [-0.1, -0.05) is 0 Å². The Kier molecular flexibility index (Phi) is 11.4. The van der Waals surface area contributed by atoms with E-state index in [1.165, 1.54) is 19.5 Å². The van der Waals surface area contributed by atoms with Crippen LogP contribution in [-0.4, -0.2) is 111 Å². The van der Waals surface area contributed by atoms with Gasteiger partial charge in [0.05, 0.1) is 13.2 Å². The summed E-state index contributed by atoms with van der Waals surface area (Å²) < 4.78 is 5.12. The van der Waals surface area contributed by atoms with E-state index >= 15 is 0 Å². The van der Waals surface area contributed by atoms with Crippen molar-refractivity contribution in [1.29, 1.82) is 0 Å². The molecule has 0 N–H and O–H groups in total. The minimum absolute atomic E-state index is 0. The van der Waals surface area contributed by atoms with E-state index in [2.05, 4.69) is 26.6 Å². The van der Waals surface area contributed by atoms with Crippen LogP contribution in [0.4, 0.5) is 0 Å². The normalized spacial score (nSPS) is 27.9. The number of carbonyl (C=O) groups excluding carboxylic acids is 1. The van der Waals surface area contributed by atoms with E-state index in [0.717, 1.165) is 58.8 Å². The molecule has 2 atom stereocenters. The van der Waals surface area contributed by atoms with E-state index in [-0.39, 0.29) is 29.9 Å². The first-order valence-electron chi connectivity index (χ1n) is 9.18. The fourth-order valence-corrected chi connectivity index (χ4v) is 3.40. The predicted molar refractivity (Wildman–Crippen MR) is 92.7 cm³/mol. The number of rotatable bonds is 3. The molecule has 0 spiro atoms. The van der Waals surface area contributed by atoms with Gasteiger partial charge in [0.2, 0.25) is 0 Å². The molecule has 2 aliphatic rings. The summed E-state index contributed by atoms with van der Waals surface area (Å²) in [6, 6.07) is 0. The Balaban J connectivity index is 0.00000288. The highest BCUT2D eigenvalue weighted by Crippen LogP contribution is 2.05.